The number of nitro benzene ring substituents is 1. The monoisotopic (exact) mass is 458 g/mol. The molecule has 1 fully saturated rings. The second kappa shape index (κ2) is 8.99. The van der Waals surface area contributed by atoms with E-state index in [9.17, 15) is 14.9 Å². The average molecular weight is 459 g/mol. The van der Waals surface area contributed by atoms with Crippen molar-refractivity contribution < 1.29 is 9.72 Å². The Labute approximate surface area is 194 Å². The summed E-state index contributed by atoms with van der Waals surface area (Å²) in [7, 11) is 0. The van der Waals surface area contributed by atoms with E-state index in [4.69, 9.17) is 0 Å². The predicted molar refractivity (Wildman–Crippen MR) is 132 cm³/mol. The van der Waals surface area contributed by atoms with E-state index in [1.54, 1.807) is 12.1 Å². The molecule has 1 saturated heterocycles. The first-order valence-electron chi connectivity index (χ1n) is 10.9. The number of hydrogen-bond acceptors (Lipinski definition) is 6. The summed E-state index contributed by atoms with van der Waals surface area (Å²) in [5.74, 6) is -0.414. The van der Waals surface area contributed by atoms with Crippen molar-refractivity contribution in [3.63, 3.8) is 0 Å². The second-order valence-electron chi connectivity index (χ2n) is 8.06. The fourth-order valence-corrected chi connectivity index (χ4v) is 4.91. The zero-order valence-electron chi connectivity index (χ0n) is 17.9. The van der Waals surface area contributed by atoms with Gasteiger partial charge in [-0.1, -0.05) is 36.4 Å². The Hall–Kier alpha value is -3.78. The summed E-state index contributed by atoms with van der Waals surface area (Å²) in [4.78, 5) is 30.7. The Balaban J connectivity index is 1.35. The highest BCUT2D eigenvalue weighted by molar-refractivity contribution is 7.14. The van der Waals surface area contributed by atoms with Crippen LogP contribution in [0.3, 0.4) is 0 Å². The number of aromatic nitrogens is 1. The lowest BCUT2D eigenvalue weighted by atomic mass is 10.1. The molecule has 1 amide bonds. The van der Waals surface area contributed by atoms with E-state index in [1.807, 2.05) is 40.6 Å². The van der Waals surface area contributed by atoms with Crippen molar-refractivity contribution >= 4 is 44.5 Å². The van der Waals surface area contributed by atoms with Gasteiger partial charge in [0.2, 0.25) is 0 Å². The van der Waals surface area contributed by atoms with Crippen LogP contribution in [0.1, 0.15) is 29.6 Å². The number of anilines is 2. The molecule has 7 nitrogen and oxygen atoms in total. The number of piperidine rings is 1. The molecule has 1 N–H and O–H groups in total. The maximum Gasteiger partial charge on any atom is 0.293 e. The molecule has 0 bridgehead atoms. The van der Waals surface area contributed by atoms with Gasteiger partial charge in [-0.15, -0.1) is 11.3 Å². The van der Waals surface area contributed by atoms with Crippen molar-refractivity contribution in [3.8, 4) is 11.3 Å². The molecule has 8 heteroatoms. The second-order valence-corrected chi connectivity index (χ2v) is 8.92. The van der Waals surface area contributed by atoms with Gasteiger partial charge in [0.1, 0.15) is 5.69 Å². The molecule has 5 rings (SSSR count). The molecular weight excluding hydrogens is 436 g/mol. The minimum atomic E-state index is -0.415. The molecule has 4 aromatic rings. The molecular formula is C25H22N4O3S. The SMILES string of the molecule is O=C(Nc1nc(-c2ccc3ccccc3c2)cs1)c1ccc(N2CCCCC2)c([N+](=O)[O-])c1. The lowest BCUT2D eigenvalue weighted by molar-refractivity contribution is -0.384. The number of hydrogen-bond donors (Lipinski definition) is 1. The van der Waals surface area contributed by atoms with Crippen molar-refractivity contribution in [2.24, 2.45) is 0 Å². The molecule has 2 heterocycles. The molecule has 0 aliphatic carbocycles. The smallest absolute Gasteiger partial charge is 0.293 e. The molecule has 1 aliphatic rings. The lowest BCUT2D eigenvalue weighted by Crippen LogP contribution is -2.30. The normalized spacial score (nSPS) is 13.8. The number of fused-ring (bicyclic) bond motifs is 1. The Morgan fingerprint density at radius 2 is 1.79 bits per heavy atom. The van der Waals surface area contributed by atoms with Gasteiger partial charge in [-0.3, -0.25) is 20.2 Å². The number of nitrogens with one attached hydrogen (secondary N) is 1. The van der Waals surface area contributed by atoms with E-state index in [0.717, 1.165) is 54.4 Å². The molecule has 0 radical (unpaired) electrons. The summed E-state index contributed by atoms with van der Waals surface area (Å²) in [5.41, 5.74) is 2.51. The summed E-state index contributed by atoms with van der Waals surface area (Å²) in [6.07, 6.45) is 3.17. The van der Waals surface area contributed by atoms with Crippen LogP contribution in [0.2, 0.25) is 0 Å². The van der Waals surface area contributed by atoms with Gasteiger partial charge in [0.15, 0.2) is 5.13 Å². The van der Waals surface area contributed by atoms with Crippen LogP contribution in [0.15, 0.2) is 66.0 Å². The third kappa shape index (κ3) is 4.42. The van der Waals surface area contributed by atoms with Gasteiger partial charge in [-0.25, -0.2) is 4.98 Å². The number of nitrogens with zero attached hydrogens (tertiary/aromatic N) is 3. The first-order valence-corrected chi connectivity index (χ1v) is 11.8. The first kappa shape index (κ1) is 21.1. The van der Waals surface area contributed by atoms with Crippen LogP contribution < -0.4 is 10.2 Å². The van der Waals surface area contributed by atoms with Gasteiger partial charge >= 0.3 is 0 Å². The van der Waals surface area contributed by atoms with Crippen molar-refractivity contribution in [1.29, 1.82) is 0 Å². The Morgan fingerprint density at radius 3 is 2.58 bits per heavy atom. The fraction of sp³-hybridized carbons (Fsp3) is 0.200. The molecule has 33 heavy (non-hydrogen) atoms. The third-order valence-electron chi connectivity index (χ3n) is 5.90. The maximum absolute atomic E-state index is 12.8. The Bertz CT molecular complexity index is 1340. The van der Waals surface area contributed by atoms with E-state index in [-0.39, 0.29) is 11.3 Å². The summed E-state index contributed by atoms with van der Waals surface area (Å²) < 4.78 is 0. The van der Waals surface area contributed by atoms with Crippen LogP contribution in [-0.4, -0.2) is 28.9 Å². The summed E-state index contributed by atoms with van der Waals surface area (Å²) in [5, 5.41) is 19.1. The summed E-state index contributed by atoms with van der Waals surface area (Å²) >= 11 is 1.32. The predicted octanol–water partition coefficient (Wildman–Crippen LogP) is 6.11. The van der Waals surface area contributed by atoms with Crippen LogP contribution >= 0.6 is 11.3 Å². The first-order chi connectivity index (χ1) is 16.1. The van der Waals surface area contributed by atoms with Crippen molar-refractivity contribution in [3.05, 3.63) is 81.7 Å². The van der Waals surface area contributed by atoms with E-state index in [0.29, 0.717) is 10.8 Å². The van der Waals surface area contributed by atoms with E-state index >= 15 is 0 Å². The molecule has 0 spiro atoms. The topological polar surface area (TPSA) is 88.4 Å². The van der Waals surface area contributed by atoms with Crippen LogP contribution in [-0.2, 0) is 0 Å². The number of rotatable bonds is 5. The van der Waals surface area contributed by atoms with Crippen LogP contribution in [0, 0.1) is 10.1 Å². The average Bonchev–Trinajstić information content (AvgIpc) is 3.32. The van der Waals surface area contributed by atoms with E-state index in [1.165, 1.54) is 17.4 Å². The highest BCUT2D eigenvalue weighted by Crippen LogP contribution is 2.32. The van der Waals surface area contributed by atoms with Gasteiger partial charge in [-0.2, -0.15) is 0 Å². The Morgan fingerprint density at radius 1 is 1.00 bits per heavy atom. The molecule has 1 aliphatic heterocycles. The highest BCUT2D eigenvalue weighted by atomic mass is 32.1. The highest BCUT2D eigenvalue weighted by Gasteiger charge is 2.23. The number of carbonyl (C=O) groups is 1. The minimum Gasteiger partial charge on any atom is -0.366 e. The maximum atomic E-state index is 12.8. The molecule has 3 aromatic carbocycles. The number of benzene rings is 3. The fourth-order valence-electron chi connectivity index (χ4n) is 4.19. The van der Waals surface area contributed by atoms with Crippen molar-refractivity contribution in [2.45, 2.75) is 19.3 Å². The quantitative estimate of drug-likeness (QED) is 0.288. The van der Waals surface area contributed by atoms with Gasteiger partial charge in [0.05, 0.1) is 10.6 Å². The zero-order chi connectivity index (χ0) is 22.8. The number of nitro groups is 1. The molecule has 0 unspecified atom stereocenters. The molecule has 1 aromatic heterocycles. The number of amides is 1. The van der Waals surface area contributed by atoms with Crippen molar-refractivity contribution in [1.82, 2.24) is 4.98 Å². The third-order valence-corrected chi connectivity index (χ3v) is 6.66. The Kier molecular flexibility index (Phi) is 5.75. The van der Waals surface area contributed by atoms with E-state index < -0.39 is 10.8 Å². The van der Waals surface area contributed by atoms with Gasteiger partial charge in [0.25, 0.3) is 11.6 Å². The minimum absolute atomic E-state index is 0.0412. The summed E-state index contributed by atoms with van der Waals surface area (Å²) in [6.45, 7) is 1.59. The van der Waals surface area contributed by atoms with Gasteiger partial charge in [0, 0.05) is 35.7 Å². The lowest BCUT2D eigenvalue weighted by Gasteiger charge is -2.28. The van der Waals surface area contributed by atoms with Crippen LogP contribution in [0.25, 0.3) is 22.0 Å². The van der Waals surface area contributed by atoms with Crippen LogP contribution in [0.4, 0.5) is 16.5 Å². The van der Waals surface area contributed by atoms with Crippen molar-refractivity contribution in [2.75, 3.05) is 23.3 Å². The number of carbonyl (C=O) groups excluding carboxylic acids is 1. The molecule has 0 saturated carbocycles. The molecule has 0 atom stereocenters. The zero-order valence-corrected chi connectivity index (χ0v) is 18.7. The number of thiazole rings is 1. The molecule has 166 valence electrons. The summed E-state index contributed by atoms with van der Waals surface area (Å²) in [6, 6.07) is 18.9. The van der Waals surface area contributed by atoms with Crippen LogP contribution in [0.5, 0.6) is 0 Å². The standard InChI is InChI=1S/C25H22N4O3S/c30-24(20-10-11-22(23(15-20)29(31)32)28-12-4-1-5-13-28)27-25-26-21(16-33-25)19-9-8-17-6-2-3-7-18(17)14-19/h2-3,6-11,14-16H,1,4-5,12-13H2,(H,26,27,30). The van der Waals surface area contributed by atoms with Gasteiger partial charge < -0.3 is 4.90 Å². The largest absolute Gasteiger partial charge is 0.366 e. The van der Waals surface area contributed by atoms with Gasteiger partial charge in [-0.05, 0) is 48.2 Å². The van der Waals surface area contributed by atoms with E-state index in [2.05, 4.69) is 22.4 Å².